The van der Waals surface area contributed by atoms with Crippen molar-refractivity contribution in [3.8, 4) is 0 Å². The van der Waals surface area contributed by atoms with E-state index in [4.69, 9.17) is 0 Å². The largest absolute Gasteiger partial charge is 0.465 e. The molecule has 1 N–H and O–H groups in total. The number of anilines is 1. The Balaban J connectivity index is 1.45. The van der Waals surface area contributed by atoms with Gasteiger partial charge in [-0.05, 0) is 48.2 Å². The Hall–Kier alpha value is -3.48. The van der Waals surface area contributed by atoms with Gasteiger partial charge in [0.25, 0.3) is 0 Å². The molecule has 144 valence electrons. The van der Waals surface area contributed by atoms with Crippen LogP contribution in [0, 0.1) is 0 Å². The lowest BCUT2D eigenvalue weighted by Gasteiger charge is -2.04. The Morgan fingerprint density at radius 1 is 1.00 bits per heavy atom. The molecule has 0 aliphatic rings. The van der Waals surface area contributed by atoms with E-state index in [0.29, 0.717) is 24.2 Å². The van der Waals surface area contributed by atoms with Crippen molar-refractivity contribution in [3.63, 3.8) is 0 Å². The van der Waals surface area contributed by atoms with Crippen LogP contribution in [0.25, 0.3) is 0 Å². The van der Waals surface area contributed by atoms with Crippen LogP contribution in [0.15, 0.2) is 61.1 Å². The van der Waals surface area contributed by atoms with E-state index in [2.05, 4.69) is 20.1 Å². The van der Waals surface area contributed by atoms with Gasteiger partial charge in [0.05, 0.1) is 12.7 Å². The summed E-state index contributed by atoms with van der Waals surface area (Å²) in [7, 11) is 1.35. The molecule has 7 nitrogen and oxygen atoms in total. The lowest BCUT2D eigenvalue weighted by atomic mass is 10.1. The van der Waals surface area contributed by atoms with Gasteiger partial charge in [-0.1, -0.05) is 12.1 Å². The number of hydrogen-bond donors (Lipinski definition) is 1. The highest BCUT2D eigenvalue weighted by atomic mass is 16.5. The third-order valence-electron chi connectivity index (χ3n) is 4.30. The Labute approximate surface area is 163 Å². The van der Waals surface area contributed by atoms with Crippen LogP contribution in [0.5, 0.6) is 0 Å². The summed E-state index contributed by atoms with van der Waals surface area (Å²) in [4.78, 5) is 27.6. The first-order chi connectivity index (χ1) is 13.6. The quantitative estimate of drug-likeness (QED) is 0.609. The maximum atomic E-state index is 12.2. The van der Waals surface area contributed by atoms with E-state index < -0.39 is 0 Å². The zero-order chi connectivity index (χ0) is 19.8. The molecule has 2 heterocycles. The maximum absolute atomic E-state index is 12.2. The van der Waals surface area contributed by atoms with Crippen LogP contribution in [0.4, 0.5) is 5.82 Å². The first-order valence-electron chi connectivity index (χ1n) is 9.03. The topological polar surface area (TPSA) is 86.1 Å². The van der Waals surface area contributed by atoms with Gasteiger partial charge in [-0.25, -0.2) is 4.79 Å². The minimum absolute atomic E-state index is 0.101. The monoisotopic (exact) mass is 378 g/mol. The number of amides is 1. The number of carbonyl (C=O) groups excluding carboxylic acids is 2. The van der Waals surface area contributed by atoms with Crippen LogP contribution in [-0.4, -0.2) is 33.8 Å². The average Bonchev–Trinajstić information content (AvgIpc) is 3.18. The van der Waals surface area contributed by atoms with Gasteiger partial charge in [-0.3, -0.25) is 14.5 Å². The van der Waals surface area contributed by atoms with Crippen molar-refractivity contribution in [1.82, 2.24) is 14.8 Å². The zero-order valence-corrected chi connectivity index (χ0v) is 15.7. The fourth-order valence-corrected chi connectivity index (χ4v) is 2.73. The normalized spacial score (nSPS) is 10.5. The molecule has 0 unspecified atom stereocenters. The molecular formula is C21H22N4O3. The van der Waals surface area contributed by atoms with Crippen LogP contribution in [0.2, 0.25) is 0 Å². The highest BCUT2D eigenvalue weighted by Crippen LogP contribution is 2.10. The summed E-state index contributed by atoms with van der Waals surface area (Å²) in [6.07, 6.45) is 7.15. The summed E-state index contributed by atoms with van der Waals surface area (Å²) in [6.45, 7) is 0.729. The van der Waals surface area contributed by atoms with E-state index in [1.807, 2.05) is 35.1 Å². The van der Waals surface area contributed by atoms with Gasteiger partial charge < -0.3 is 10.1 Å². The Bertz CT molecular complexity index is 920. The molecule has 0 radical (unpaired) electrons. The number of benzene rings is 1. The molecular weight excluding hydrogens is 356 g/mol. The number of nitrogens with zero attached hydrogens (tertiary/aromatic N) is 3. The number of aryl methyl sites for hydroxylation is 3. The smallest absolute Gasteiger partial charge is 0.337 e. The van der Waals surface area contributed by atoms with E-state index in [1.54, 1.807) is 30.6 Å². The number of nitrogens with one attached hydrogen (secondary N) is 1. The molecule has 28 heavy (non-hydrogen) atoms. The van der Waals surface area contributed by atoms with Crippen LogP contribution in [-0.2, 0) is 28.9 Å². The second kappa shape index (κ2) is 9.45. The SMILES string of the molecule is COC(=O)c1ccc(CCC(=O)Nc2ccn(CCc3ccncc3)n2)cc1. The summed E-state index contributed by atoms with van der Waals surface area (Å²) >= 11 is 0. The highest BCUT2D eigenvalue weighted by molar-refractivity contribution is 5.90. The van der Waals surface area contributed by atoms with E-state index in [0.717, 1.165) is 18.5 Å². The molecule has 0 aliphatic carbocycles. The number of esters is 1. The van der Waals surface area contributed by atoms with Gasteiger partial charge in [0.2, 0.25) is 5.91 Å². The molecule has 1 amide bonds. The van der Waals surface area contributed by atoms with Gasteiger partial charge in [0, 0.05) is 37.6 Å². The Kier molecular flexibility index (Phi) is 6.51. The first-order valence-corrected chi connectivity index (χ1v) is 9.03. The van der Waals surface area contributed by atoms with Gasteiger partial charge in [-0.2, -0.15) is 5.10 Å². The van der Waals surface area contributed by atoms with Gasteiger partial charge in [-0.15, -0.1) is 0 Å². The molecule has 0 atom stereocenters. The molecule has 0 saturated carbocycles. The predicted molar refractivity (Wildman–Crippen MR) is 105 cm³/mol. The van der Waals surface area contributed by atoms with Crippen molar-refractivity contribution in [2.75, 3.05) is 12.4 Å². The summed E-state index contributed by atoms with van der Waals surface area (Å²) in [5.74, 6) is 0.0704. The number of hydrogen-bond acceptors (Lipinski definition) is 5. The van der Waals surface area contributed by atoms with Crippen molar-refractivity contribution in [1.29, 1.82) is 0 Å². The summed E-state index contributed by atoms with van der Waals surface area (Å²) in [5, 5.41) is 7.19. The minimum Gasteiger partial charge on any atom is -0.465 e. The average molecular weight is 378 g/mol. The molecule has 7 heteroatoms. The van der Waals surface area contributed by atoms with Crippen molar-refractivity contribution >= 4 is 17.7 Å². The number of aromatic nitrogens is 3. The third-order valence-corrected chi connectivity index (χ3v) is 4.30. The Morgan fingerprint density at radius 3 is 2.43 bits per heavy atom. The Morgan fingerprint density at radius 2 is 1.71 bits per heavy atom. The standard InChI is InChI=1S/C21H22N4O3/c1-28-21(27)18-5-2-16(3-6-18)4-7-20(26)23-19-11-15-25(24-19)14-10-17-8-12-22-13-9-17/h2-3,5-6,8-9,11-13,15H,4,7,10,14H2,1H3,(H,23,24,26). The molecule has 0 saturated heterocycles. The van der Waals surface area contributed by atoms with Gasteiger partial charge >= 0.3 is 5.97 Å². The van der Waals surface area contributed by atoms with Crippen molar-refractivity contribution < 1.29 is 14.3 Å². The second-order valence-corrected chi connectivity index (χ2v) is 6.31. The summed E-state index contributed by atoms with van der Waals surface area (Å²) < 4.78 is 6.48. The minimum atomic E-state index is -0.371. The molecule has 1 aromatic carbocycles. The molecule has 0 fully saturated rings. The van der Waals surface area contributed by atoms with Crippen LogP contribution >= 0.6 is 0 Å². The summed E-state index contributed by atoms with van der Waals surface area (Å²) in [5.41, 5.74) is 2.66. The number of pyridine rings is 1. The predicted octanol–water partition coefficient (Wildman–Crippen LogP) is 2.88. The lowest BCUT2D eigenvalue weighted by molar-refractivity contribution is -0.116. The van der Waals surface area contributed by atoms with Crippen LogP contribution in [0.3, 0.4) is 0 Å². The number of methoxy groups -OCH3 is 1. The molecule has 2 aromatic heterocycles. The number of carbonyl (C=O) groups is 2. The molecule has 0 aliphatic heterocycles. The maximum Gasteiger partial charge on any atom is 0.337 e. The van der Waals surface area contributed by atoms with Crippen LogP contribution in [0.1, 0.15) is 27.9 Å². The zero-order valence-electron chi connectivity index (χ0n) is 15.7. The fraction of sp³-hybridized carbons (Fsp3) is 0.238. The first kappa shape index (κ1) is 19.3. The van der Waals surface area contributed by atoms with Gasteiger partial charge in [0.15, 0.2) is 5.82 Å². The van der Waals surface area contributed by atoms with Crippen LogP contribution < -0.4 is 5.32 Å². The molecule has 0 bridgehead atoms. The number of ether oxygens (including phenoxy) is 1. The highest BCUT2D eigenvalue weighted by Gasteiger charge is 2.08. The van der Waals surface area contributed by atoms with Crippen molar-refractivity contribution in [2.45, 2.75) is 25.8 Å². The molecule has 0 spiro atoms. The third kappa shape index (κ3) is 5.51. The molecule has 3 rings (SSSR count). The lowest BCUT2D eigenvalue weighted by Crippen LogP contribution is -2.13. The van der Waals surface area contributed by atoms with E-state index in [-0.39, 0.29) is 11.9 Å². The number of rotatable bonds is 8. The summed E-state index contributed by atoms with van der Waals surface area (Å²) in [6, 6.07) is 12.8. The van der Waals surface area contributed by atoms with Crippen molar-refractivity contribution in [3.05, 3.63) is 77.7 Å². The van der Waals surface area contributed by atoms with Crippen molar-refractivity contribution in [2.24, 2.45) is 0 Å². The van der Waals surface area contributed by atoms with E-state index >= 15 is 0 Å². The second-order valence-electron chi connectivity index (χ2n) is 6.31. The van der Waals surface area contributed by atoms with E-state index in [1.165, 1.54) is 12.7 Å². The van der Waals surface area contributed by atoms with Gasteiger partial charge in [0.1, 0.15) is 0 Å². The van der Waals surface area contributed by atoms with E-state index in [9.17, 15) is 9.59 Å². The molecule has 3 aromatic rings. The fourth-order valence-electron chi connectivity index (χ4n) is 2.73.